The summed E-state index contributed by atoms with van der Waals surface area (Å²) in [5.74, 6) is 0. The molecule has 2 nitrogen and oxygen atoms in total. The highest BCUT2D eigenvalue weighted by molar-refractivity contribution is 7.11. The van der Waals surface area contributed by atoms with Crippen LogP contribution in [0, 0.1) is 6.92 Å². The van der Waals surface area contributed by atoms with Gasteiger partial charge in [0.25, 0.3) is 0 Å². The maximum atomic E-state index is 5.52. The third kappa shape index (κ3) is 1.84. The summed E-state index contributed by atoms with van der Waals surface area (Å²) in [5.41, 5.74) is 6.86. The third-order valence-corrected chi connectivity index (χ3v) is 2.72. The molecule has 0 aromatic carbocycles. The van der Waals surface area contributed by atoms with Gasteiger partial charge in [-0.3, -0.25) is 0 Å². The molecule has 1 rings (SSSR count). The first kappa shape index (κ1) is 9.68. The smallest absolute Gasteiger partial charge is 0.107 e. The number of aryl methyl sites for hydroxylation is 1. The molecule has 0 spiro atoms. The molecule has 0 bridgehead atoms. The van der Waals surface area contributed by atoms with Gasteiger partial charge < -0.3 is 5.73 Å². The van der Waals surface area contributed by atoms with Crippen molar-refractivity contribution in [3.8, 4) is 0 Å². The summed E-state index contributed by atoms with van der Waals surface area (Å²) < 4.78 is 0. The van der Waals surface area contributed by atoms with E-state index in [1.807, 2.05) is 0 Å². The minimum absolute atomic E-state index is 0.147. The molecule has 0 unspecified atom stereocenters. The zero-order valence-electron chi connectivity index (χ0n) is 8.14. The van der Waals surface area contributed by atoms with Crippen molar-refractivity contribution < 1.29 is 0 Å². The second kappa shape index (κ2) is 3.15. The normalized spacial score (nSPS) is 12.1. The van der Waals surface area contributed by atoms with Crippen LogP contribution in [0.4, 0.5) is 0 Å². The Labute approximate surface area is 77.8 Å². The third-order valence-electron chi connectivity index (χ3n) is 1.73. The van der Waals surface area contributed by atoms with E-state index < -0.39 is 0 Å². The van der Waals surface area contributed by atoms with Crippen molar-refractivity contribution in [2.75, 3.05) is 0 Å². The molecule has 0 fully saturated rings. The zero-order valence-corrected chi connectivity index (χ0v) is 8.96. The summed E-state index contributed by atoms with van der Waals surface area (Å²) in [4.78, 5) is 5.79. The molecule has 0 aliphatic heterocycles. The number of nitrogens with two attached hydrogens (primary N) is 1. The SMILES string of the molecule is Cc1sc(CN)nc1C(C)(C)C. The van der Waals surface area contributed by atoms with Gasteiger partial charge in [0.15, 0.2) is 0 Å². The fourth-order valence-corrected chi connectivity index (χ4v) is 2.26. The van der Waals surface area contributed by atoms with Crippen molar-refractivity contribution in [1.82, 2.24) is 4.98 Å². The number of hydrogen-bond donors (Lipinski definition) is 1. The van der Waals surface area contributed by atoms with Gasteiger partial charge >= 0.3 is 0 Å². The molecule has 2 N–H and O–H groups in total. The van der Waals surface area contributed by atoms with Crippen molar-refractivity contribution in [3.63, 3.8) is 0 Å². The number of nitrogens with zero attached hydrogens (tertiary/aromatic N) is 1. The van der Waals surface area contributed by atoms with E-state index in [1.165, 1.54) is 10.6 Å². The highest BCUT2D eigenvalue weighted by atomic mass is 32.1. The first-order valence-corrected chi connectivity index (χ1v) is 4.93. The van der Waals surface area contributed by atoms with Crippen molar-refractivity contribution in [3.05, 3.63) is 15.6 Å². The van der Waals surface area contributed by atoms with Crippen LogP contribution in [0.1, 0.15) is 36.3 Å². The van der Waals surface area contributed by atoms with Crippen LogP contribution in [0.3, 0.4) is 0 Å². The summed E-state index contributed by atoms with van der Waals surface area (Å²) in [6, 6.07) is 0. The number of hydrogen-bond acceptors (Lipinski definition) is 3. The Balaban J connectivity index is 3.08. The van der Waals surface area contributed by atoms with E-state index in [1.54, 1.807) is 11.3 Å². The predicted molar refractivity (Wildman–Crippen MR) is 53.4 cm³/mol. The molecule has 1 aromatic heterocycles. The van der Waals surface area contributed by atoms with E-state index in [0.29, 0.717) is 6.54 Å². The summed E-state index contributed by atoms with van der Waals surface area (Å²) in [7, 11) is 0. The fourth-order valence-electron chi connectivity index (χ4n) is 1.23. The Morgan fingerprint density at radius 3 is 2.25 bits per heavy atom. The topological polar surface area (TPSA) is 38.9 Å². The second-order valence-electron chi connectivity index (χ2n) is 3.97. The van der Waals surface area contributed by atoms with Crippen LogP contribution < -0.4 is 5.73 Å². The van der Waals surface area contributed by atoms with Gasteiger partial charge in [-0.05, 0) is 6.92 Å². The van der Waals surface area contributed by atoms with Gasteiger partial charge in [-0.2, -0.15) is 0 Å². The standard InChI is InChI=1S/C9H16N2S/c1-6-8(9(2,3)4)11-7(5-10)12-6/h5,10H2,1-4H3. The lowest BCUT2D eigenvalue weighted by atomic mass is 9.92. The first-order chi connectivity index (χ1) is 5.45. The van der Waals surface area contributed by atoms with Crippen LogP contribution in [0.15, 0.2) is 0 Å². The molecule has 1 aromatic rings. The van der Waals surface area contributed by atoms with Gasteiger partial charge in [0.1, 0.15) is 5.01 Å². The van der Waals surface area contributed by atoms with Crippen LogP contribution in [0.2, 0.25) is 0 Å². The van der Waals surface area contributed by atoms with E-state index >= 15 is 0 Å². The first-order valence-electron chi connectivity index (χ1n) is 4.12. The van der Waals surface area contributed by atoms with E-state index in [2.05, 4.69) is 32.7 Å². The van der Waals surface area contributed by atoms with Gasteiger partial charge in [-0.1, -0.05) is 20.8 Å². The Kier molecular flexibility index (Phi) is 2.54. The van der Waals surface area contributed by atoms with E-state index in [0.717, 1.165) is 5.01 Å². The molecule has 68 valence electrons. The molecule has 0 saturated carbocycles. The zero-order chi connectivity index (χ0) is 9.35. The minimum atomic E-state index is 0.147. The van der Waals surface area contributed by atoms with Gasteiger partial charge in [-0.25, -0.2) is 4.98 Å². The van der Waals surface area contributed by atoms with Crippen molar-refractivity contribution in [1.29, 1.82) is 0 Å². The van der Waals surface area contributed by atoms with Crippen LogP contribution in [-0.2, 0) is 12.0 Å². The van der Waals surface area contributed by atoms with Crippen LogP contribution in [0.5, 0.6) is 0 Å². The molecule has 0 aliphatic carbocycles. The average molecular weight is 184 g/mol. The summed E-state index contributed by atoms with van der Waals surface area (Å²) in [6.45, 7) is 9.19. The average Bonchev–Trinajstić information content (AvgIpc) is 2.29. The number of aromatic nitrogens is 1. The van der Waals surface area contributed by atoms with Gasteiger partial charge in [-0.15, -0.1) is 11.3 Å². The minimum Gasteiger partial charge on any atom is -0.325 e. The lowest BCUT2D eigenvalue weighted by Gasteiger charge is -2.16. The Hall–Kier alpha value is -0.410. The van der Waals surface area contributed by atoms with Crippen molar-refractivity contribution in [2.45, 2.75) is 39.7 Å². The van der Waals surface area contributed by atoms with Gasteiger partial charge in [0.05, 0.1) is 5.69 Å². The largest absolute Gasteiger partial charge is 0.325 e. The highest BCUT2D eigenvalue weighted by Crippen LogP contribution is 2.28. The van der Waals surface area contributed by atoms with Gasteiger partial charge in [0, 0.05) is 16.8 Å². The molecular formula is C9H16N2S. The molecule has 0 aliphatic rings. The summed E-state index contributed by atoms with van der Waals surface area (Å²) in [6.07, 6.45) is 0. The predicted octanol–water partition coefficient (Wildman–Crippen LogP) is 2.21. The molecule has 1 heterocycles. The monoisotopic (exact) mass is 184 g/mol. The van der Waals surface area contributed by atoms with E-state index in [9.17, 15) is 0 Å². The highest BCUT2D eigenvalue weighted by Gasteiger charge is 2.20. The number of thiazole rings is 1. The van der Waals surface area contributed by atoms with Crippen molar-refractivity contribution >= 4 is 11.3 Å². The maximum Gasteiger partial charge on any atom is 0.107 e. The van der Waals surface area contributed by atoms with Crippen molar-refractivity contribution in [2.24, 2.45) is 5.73 Å². The molecule has 3 heteroatoms. The Morgan fingerprint density at radius 2 is 2.00 bits per heavy atom. The lowest BCUT2D eigenvalue weighted by molar-refractivity contribution is 0.567. The van der Waals surface area contributed by atoms with Gasteiger partial charge in [0.2, 0.25) is 0 Å². The Morgan fingerprint density at radius 1 is 1.42 bits per heavy atom. The Bertz CT molecular complexity index is 271. The number of rotatable bonds is 1. The van der Waals surface area contributed by atoms with Crippen LogP contribution in [0.25, 0.3) is 0 Å². The molecule has 0 saturated heterocycles. The molecular weight excluding hydrogens is 168 g/mol. The quantitative estimate of drug-likeness (QED) is 0.726. The molecule has 0 radical (unpaired) electrons. The van der Waals surface area contributed by atoms with Crippen LogP contribution >= 0.6 is 11.3 Å². The molecule has 12 heavy (non-hydrogen) atoms. The van der Waals surface area contributed by atoms with E-state index in [-0.39, 0.29) is 5.41 Å². The lowest BCUT2D eigenvalue weighted by Crippen LogP contribution is -2.13. The molecule has 0 amide bonds. The molecule has 0 atom stereocenters. The maximum absolute atomic E-state index is 5.52. The fraction of sp³-hybridized carbons (Fsp3) is 0.667. The second-order valence-corrected chi connectivity index (χ2v) is 5.25. The van der Waals surface area contributed by atoms with Crippen LogP contribution in [-0.4, -0.2) is 4.98 Å². The van der Waals surface area contributed by atoms with E-state index in [4.69, 9.17) is 5.73 Å². The summed E-state index contributed by atoms with van der Waals surface area (Å²) >= 11 is 1.71. The summed E-state index contributed by atoms with van der Waals surface area (Å²) in [5, 5.41) is 1.04.